The number of nitrogens with zero attached hydrogens (tertiary/aromatic N) is 2. The van der Waals surface area contributed by atoms with Crippen LogP contribution in [0.2, 0.25) is 0 Å². The summed E-state index contributed by atoms with van der Waals surface area (Å²) in [5.41, 5.74) is 1.20. The van der Waals surface area contributed by atoms with Gasteiger partial charge in [0.05, 0.1) is 16.4 Å². The second kappa shape index (κ2) is 4.77. The molecular formula is C9H16BrN3. The molecule has 0 spiro atoms. The fourth-order valence-electron chi connectivity index (χ4n) is 1.36. The largest absolute Gasteiger partial charge is 0.309 e. The maximum absolute atomic E-state index is 4.18. The molecule has 1 atom stereocenters. The maximum atomic E-state index is 4.18. The Morgan fingerprint density at radius 3 is 2.85 bits per heavy atom. The molecule has 0 aliphatic heterocycles. The molecule has 4 heteroatoms. The number of aryl methyl sites for hydroxylation is 1. The van der Waals surface area contributed by atoms with Crippen molar-refractivity contribution in [2.24, 2.45) is 7.05 Å². The Bertz CT molecular complexity index is 250. The topological polar surface area (TPSA) is 29.9 Å². The van der Waals surface area contributed by atoms with Crippen molar-refractivity contribution in [1.82, 2.24) is 15.1 Å². The van der Waals surface area contributed by atoms with E-state index in [1.807, 2.05) is 17.9 Å². The van der Waals surface area contributed by atoms with Crippen LogP contribution in [0.5, 0.6) is 0 Å². The highest BCUT2D eigenvalue weighted by atomic mass is 79.9. The minimum atomic E-state index is 0.349. The monoisotopic (exact) mass is 245 g/mol. The van der Waals surface area contributed by atoms with Crippen molar-refractivity contribution in [3.8, 4) is 0 Å². The molecule has 0 saturated heterocycles. The third-order valence-electron chi connectivity index (χ3n) is 2.05. The van der Waals surface area contributed by atoms with Crippen molar-refractivity contribution >= 4 is 15.9 Å². The lowest BCUT2D eigenvalue weighted by molar-refractivity contribution is 0.527. The number of halogens is 1. The van der Waals surface area contributed by atoms with E-state index >= 15 is 0 Å². The average molecular weight is 246 g/mol. The van der Waals surface area contributed by atoms with Crippen LogP contribution >= 0.6 is 15.9 Å². The highest BCUT2D eigenvalue weighted by Gasteiger charge is 2.12. The normalized spacial score (nSPS) is 13.2. The van der Waals surface area contributed by atoms with Gasteiger partial charge in [-0.3, -0.25) is 4.68 Å². The van der Waals surface area contributed by atoms with Crippen molar-refractivity contribution in [2.75, 3.05) is 6.54 Å². The van der Waals surface area contributed by atoms with Crippen LogP contribution in [-0.2, 0) is 7.05 Å². The van der Waals surface area contributed by atoms with Crippen molar-refractivity contribution < 1.29 is 0 Å². The first-order valence-corrected chi connectivity index (χ1v) is 5.37. The third-order valence-corrected chi connectivity index (χ3v) is 2.66. The van der Waals surface area contributed by atoms with Crippen LogP contribution in [0.15, 0.2) is 10.7 Å². The summed E-state index contributed by atoms with van der Waals surface area (Å²) in [6.07, 6.45) is 2.99. The van der Waals surface area contributed by atoms with E-state index in [0.717, 1.165) is 17.4 Å². The molecule has 1 unspecified atom stereocenters. The highest BCUT2D eigenvalue weighted by molar-refractivity contribution is 9.10. The summed E-state index contributed by atoms with van der Waals surface area (Å²) in [6.45, 7) is 5.36. The summed E-state index contributed by atoms with van der Waals surface area (Å²) in [7, 11) is 1.96. The van der Waals surface area contributed by atoms with Gasteiger partial charge in [0.1, 0.15) is 0 Å². The van der Waals surface area contributed by atoms with Gasteiger partial charge in [0.15, 0.2) is 0 Å². The van der Waals surface area contributed by atoms with Gasteiger partial charge in [0.25, 0.3) is 0 Å². The van der Waals surface area contributed by atoms with Gasteiger partial charge < -0.3 is 5.32 Å². The summed E-state index contributed by atoms with van der Waals surface area (Å²) in [6, 6.07) is 0.349. The van der Waals surface area contributed by atoms with Gasteiger partial charge in [-0.05, 0) is 35.8 Å². The minimum absolute atomic E-state index is 0.349. The Balaban J connectivity index is 2.69. The molecule has 1 rings (SSSR count). The molecule has 3 nitrogen and oxygen atoms in total. The van der Waals surface area contributed by atoms with Crippen LogP contribution < -0.4 is 5.32 Å². The molecule has 0 bridgehead atoms. The Hall–Kier alpha value is -0.350. The van der Waals surface area contributed by atoms with Gasteiger partial charge in [-0.1, -0.05) is 6.92 Å². The molecule has 0 aliphatic rings. The summed E-state index contributed by atoms with van der Waals surface area (Å²) in [5.74, 6) is 0. The van der Waals surface area contributed by atoms with Crippen LogP contribution in [0.25, 0.3) is 0 Å². The molecule has 1 aromatic rings. The van der Waals surface area contributed by atoms with Crippen LogP contribution in [0, 0.1) is 0 Å². The number of hydrogen-bond donors (Lipinski definition) is 1. The number of hydrogen-bond acceptors (Lipinski definition) is 2. The average Bonchev–Trinajstić information content (AvgIpc) is 2.42. The van der Waals surface area contributed by atoms with E-state index in [0.29, 0.717) is 6.04 Å². The first-order chi connectivity index (χ1) is 6.16. The molecule has 74 valence electrons. The predicted molar refractivity (Wildman–Crippen MR) is 57.6 cm³/mol. The highest BCUT2D eigenvalue weighted by Crippen LogP contribution is 2.21. The van der Waals surface area contributed by atoms with Crippen molar-refractivity contribution in [3.63, 3.8) is 0 Å². The predicted octanol–water partition coefficient (Wildman–Crippen LogP) is 2.24. The van der Waals surface area contributed by atoms with Crippen LogP contribution in [0.3, 0.4) is 0 Å². The van der Waals surface area contributed by atoms with E-state index in [9.17, 15) is 0 Å². The van der Waals surface area contributed by atoms with E-state index in [-0.39, 0.29) is 0 Å². The molecule has 1 heterocycles. The molecule has 1 aromatic heterocycles. The van der Waals surface area contributed by atoms with Gasteiger partial charge in [-0.15, -0.1) is 0 Å². The molecule has 0 saturated carbocycles. The molecule has 0 amide bonds. The minimum Gasteiger partial charge on any atom is -0.309 e. The quantitative estimate of drug-likeness (QED) is 0.882. The Kier molecular flexibility index (Phi) is 3.93. The molecule has 0 aromatic carbocycles. The third kappa shape index (κ3) is 2.54. The summed E-state index contributed by atoms with van der Waals surface area (Å²) >= 11 is 3.49. The second-order valence-corrected chi connectivity index (χ2v) is 4.03. The second-order valence-electron chi connectivity index (χ2n) is 3.18. The van der Waals surface area contributed by atoms with Crippen LogP contribution in [-0.4, -0.2) is 16.3 Å². The van der Waals surface area contributed by atoms with Gasteiger partial charge in [-0.25, -0.2) is 0 Å². The smallest absolute Gasteiger partial charge is 0.0689 e. The van der Waals surface area contributed by atoms with Crippen molar-refractivity contribution in [3.05, 3.63) is 16.4 Å². The lowest BCUT2D eigenvalue weighted by Gasteiger charge is -2.14. The van der Waals surface area contributed by atoms with E-state index in [4.69, 9.17) is 0 Å². The first-order valence-electron chi connectivity index (χ1n) is 4.57. The van der Waals surface area contributed by atoms with Crippen LogP contribution in [0.4, 0.5) is 0 Å². The Morgan fingerprint density at radius 1 is 1.69 bits per heavy atom. The summed E-state index contributed by atoms with van der Waals surface area (Å²) in [4.78, 5) is 0. The molecule has 0 aliphatic carbocycles. The molecule has 0 fully saturated rings. The molecule has 1 N–H and O–H groups in total. The van der Waals surface area contributed by atoms with Crippen LogP contribution in [0.1, 0.15) is 32.0 Å². The lowest BCUT2D eigenvalue weighted by Crippen LogP contribution is -2.21. The Labute approximate surface area is 87.6 Å². The number of aromatic nitrogens is 2. The van der Waals surface area contributed by atoms with Gasteiger partial charge in [0, 0.05) is 13.1 Å². The zero-order valence-corrected chi connectivity index (χ0v) is 9.93. The number of nitrogens with one attached hydrogen (secondary N) is 1. The van der Waals surface area contributed by atoms with E-state index < -0.39 is 0 Å². The van der Waals surface area contributed by atoms with Gasteiger partial charge >= 0.3 is 0 Å². The van der Waals surface area contributed by atoms with Gasteiger partial charge in [-0.2, -0.15) is 5.10 Å². The summed E-state index contributed by atoms with van der Waals surface area (Å²) in [5, 5.41) is 7.60. The van der Waals surface area contributed by atoms with E-state index in [1.165, 1.54) is 5.69 Å². The van der Waals surface area contributed by atoms with Crippen molar-refractivity contribution in [2.45, 2.75) is 26.3 Å². The fourth-order valence-corrected chi connectivity index (χ4v) is 2.06. The van der Waals surface area contributed by atoms with Gasteiger partial charge in [0.2, 0.25) is 0 Å². The molecular weight excluding hydrogens is 230 g/mol. The molecule has 13 heavy (non-hydrogen) atoms. The standard InChI is InChI=1S/C9H16BrN3/c1-4-5-11-7(2)9-8(10)6-12-13(9)3/h6-7,11H,4-5H2,1-3H3. The Morgan fingerprint density at radius 2 is 2.38 bits per heavy atom. The summed E-state index contributed by atoms with van der Waals surface area (Å²) < 4.78 is 2.98. The maximum Gasteiger partial charge on any atom is 0.0689 e. The molecule has 0 radical (unpaired) electrons. The van der Waals surface area contributed by atoms with E-state index in [2.05, 4.69) is 40.2 Å². The first kappa shape index (κ1) is 10.7. The fraction of sp³-hybridized carbons (Fsp3) is 0.667. The SMILES string of the molecule is CCCNC(C)c1c(Br)cnn1C. The zero-order chi connectivity index (χ0) is 9.84. The zero-order valence-electron chi connectivity index (χ0n) is 8.34. The van der Waals surface area contributed by atoms with E-state index in [1.54, 1.807) is 0 Å². The van der Waals surface area contributed by atoms with Crippen molar-refractivity contribution in [1.29, 1.82) is 0 Å². The number of rotatable bonds is 4. The lowest BCUT2D eigenvalue weighted by atomic mass is 10.2.